The number of hydrogen-bond acceptors (Lipinski definition) is 3. The Labute approximate surface area is 151 Å². The number of halogens is 1. The molecule has 0 aromatic heterocycles. The van der Waals surface area contributed by atoms with E-state index in [2.05, 4.69) is 5.32 Å². The van der Waals surface area contributed by atoms with Crippen molar-refractivity contribution in [3.05, 3.63) is 59.9 Å². The van der Waals surface area contributed by atoms with E-state index in [0.29, 0.717) is 37.2 Å². The van der Waals surface area contributed by atoms with E-state index in [1.165, 1.54) is 12.1 Å². The number of benzene rings is 2. The molecule has 2 aromatic carbocycles. The number of hydrogen-bond donors (Lipinski definition) is 1. The van der Waals surface area contributed by atoms with Gasteiger partial charge in [-0.1, -0.05) is 12.1 Å². The molecule has 5 nitrogen and oxygen atoms in total. The quantitative estimate of drug-likeness (QED) is 0.844. The third-order valence-corrected chi connectivity index (χ3v) is 4.64. The van der Waals surface area contributed by atoms with Gasteiger partial charge in [-0.25, -0.2) is 9.18 Å². The average Bonchev–Trinajstić information content (AvgIpc) is 2.69. The highest BCUT2D eigenvalue weighted by Gasteiger charge is 2.28. The summed E-state index contributed by atoms with van der Waals surface area (Å²) in [4.78, 5) is 26.5. The third kappa shape index (κ3) is 4.02. The van der Waals surface area contributed by atoms with Gasteiger partial charge in [0, 0.05) is 24.6 Å². The van der Waals surface area contributed by atoms with Crippen molar-refractivity contribution in [2.45, 2.75) is 12.8 Å². The molecule has 1 aliphatic heterocycles. The first kappa shape index (κ1) is 17.9. The molecule has 1 N–H and O–H groups in total. The predicted octanol–water partition coefficient (Wildman–Crippen LogP) is 3.96. The highest BCUT2D eigenvalue weighted by Crippen LogP contribution is 2.24. The van der Waals surface area contributed by atoms with Crippen molar-refractivity contribution < 1.29 is 18.7 Å². The number of anilines is 1. The van der Waals surface area contributed by atoms with Gasteiger partial charge in [0.15, 0.2) is 5.78 Å². The highest BCUT2D eigenvalue weighted by atomic mass is 19.1. The molecule has 1 saturated heterocycles. The maximum Gasteiger partial charge on any atom is 0.321 e. The summed E-state index contributed by atoms with van der Waals surface area (Å²) in [6.07, 6.45) is 1.19. The van der Waals surface area contributed by atoms with Crippen LogP contribution in [0.1, 0.15) is 23.2 Å². The molecule has 3 rings (SSSR count). The Balaban J connectivity index is 1.55. The fraction of sp³-hybridized carbons (Fsp3) is 0.300. The zero-order valence-corrected chi connectivity index (χ0v) is 14.6. The van der Waals surface area contributed by atoms with Crippen LogP contribution in [0, 0.1) is 11.7 Å². The van der Waals surface area contributed by atoms with E-state index in [1.807, 2.05) is 0 Å². The van der Waals surface area contributed by atoms with Gasteiger partial charge in [-0.2, -0.15) is 0 Å². The SMILES string of the molecule is COc1ccc(C(=O)C2CCN(C(=O)Nc3ccccc3F)CC2)cc1. The van der Waals surface area contributed by atoms with Crippen LogP contribution in [0.2, 0.25) is 0 Å². The number of rotatable bonds is 4. The lowest BCUT2D eigenvalue weighted by Crippen LogP contribution is -2.42. The molecule has 1 aliphatic rings. The van der Waals surface area contributed by atoms with Gasteiger partial charge in [-0.15, -0.1) is 0 Å². The molecule has 0 atom stereocenters. The first-order valence-electron chi connectivity index (χ1n) is 8.57. The van der Waals surface area contributed by atoms with E-state index in [4.69, 9.17) is 4.74 Å². The Morgan fingerprint density at radius 3 is 2.35 bits per heavy atom. The lowest BCUT2D eigenvalue weighted by atomic mass is 9.89. The molecule has 1 heterocycles. The van der Waals surface area contributed by atoms with Crippen LogP contribution in [0.5, 0.6) is 5.75 Å². The van der Waals surface area contributed by atoms with Crippen LogP contribution in [-0.4, -0.2) is 36.9 Å². The van der Waals surface area contributed by atoms with E-state index in [9.17, 15) is 14.0 Å². The van der Waals surface area contributed by atoms with Gasteiger partial charge in [-0.3, -0.25) is 4.79 Å². The molecule has 136 valence electrons. The Hall–Kier alpha value is -2.89. The number of urea groups is 1. The lowest BCUT2D eigenvalue weighted by molar-refractivity contribution is 0.0859. The topological polar surface area (TPSA) is 58.6 Å². The minimum Gasteiger partial charge on any atom is -0.497 e. The highest BCUT2D eigenvalue weighted by molar-refractivity contribution is 5.98. The number of methoxy groups -OCH3 is 1. The molecule has 0 aliphatic carbocycles. The fourth-order valence-corrected chi connectivity index (χ4v) is 3.09. The second kappa shape index (κ2) is 7.99. The summed E-state index contributed by atoms with van der Waals surface area (Å²) in [6, 6.07) is 12.8. The first-order chi connectivity index (χ1) is 12.6. The van der Waals surface area contributed by atoms with Crippen LogP contribution in [0.3, 0.4) is 0 Å². The fourth-order valence-electron chi connectivity index (χ4n) is 3.09. The summed E-state index contributed by atoms with van der Waals surface area (Å²) >= 11 is 0. The number of carbonyl (C=O) groups is 2. The number of carbonyl (C=O) groups excluding carboxylic acids is 2. The minimum absolute atomic E-state index is 0.0850. The van der Waals surface area contributed by atoms with E-state index in [0.717, 1.165) is 0 Å². The van der Waals surface area contributed by atoms with Crippen LogP contribution >= 0.6 is 0 Å². The molecule has 26 heavy (non-hydrogen) atoms. The number of nitrogens with one attached hydrogen (secondary N) is 1. The van der Waals surface area contributed by atoms with Crippen molar-refractivity contribution in [3.63, 3.8) is 0 Å². The van der Waals surface area contributed by atoms with Crippen LogP contribution in [0.25, 0.3) is 0 Å². The number of nitrogens with zero attached hydrogens (tertiary/aromatic N) is 1. The van der Waals surface area contributed by atoms with Gasteiger partial charge < -0.3 is 15.0 Å². The van der Waals surface area contributed by atoms with Crippen molar-refractivity contribution >= 4 is 17.5 Å². The molecule has 2 aromatic rings. The predicted molar refractivity (Wildman–Crippen MR) is 97.0 cm³/mol. The largest absolute Gasteiger partial charge is 0.497 e. The van der Waals surface area contributed by atoms with E-state index >= 15 is 0 Å². The minimum atomic E-state index is -0.467. The Morgan fingerprint density at radius 2 is 1.73 bits per heavy atom. The number of ether oxygens (including phenoxy) is 1. The van der Waals surface area contributed by atoms with Crippen LogP contribution in [0.4, 0.5) is 14.9 Å². The lowest BCUT2D eigenvalue weighted by Gasteiger charge is -2.31. The number of ketones is 1. The standard InChI is InChI=1S/C20H21FN2O3/c1-26-16-8-6-14(7-9-16)19(24)15-10-12-23(13-11-15)20(25)22-18-5-3-2-4-17(18)21/h2-9,15H,10-13H2,1H3,(H,22,25). The number of para-hydroxylation sites is 1. The monoisotopic (exact) mass is 356 g/mol. The molecule has 0 spiro atoms. The molecule has 1 fully saturated rings. The molecule has 0 saturated carbocycles. The van der Waals surface area contributed by atoms with E-state index in [-0.39, 0.29) is 23.4 Å². The van der Waals surface area contributed by atoms with Gasteiger partial charge in [0.25, 0.3) is 0 Å². The summed E-state index contributed by atoms with van der Waals surface area (Å²) in [5.74, 6) is 0.217. The molecular formula is C20H21FN2O3. The summed E-state index contributed by atoms with van der Waals surface area (Å²) in [6.45, 7) is 0.930. The Kier molecular flexibility index (Phi) is 5.51. The molecule has 0 radical (unpaired) electrons. The zero-order valence-electron chi connectivity index (χ0n) is 14.6. The maximum atomic E-state index is 13.6. The molecule has 6 heteroatoms. The van der Waals surface area contributed by atoms with Crippen LogP contribution in [-0.2, 0) is 0 Å². The Bertz CT molecular complexity index is 784. The van der Waals surface area contributed by atoms with Gasteiger partial charge in [0.2, 0.25) is 0 Å². The second-order valence-corrected chi connectivity index (χ2v) is 6.26. The van der Waals surface area contributed by atoms with Crippen molar-refractivity contribution in [2.24, 2.45) is 5.92 Å². The zero-order chi connectivity index (χ0) is 18.5. The van der Waals surface area contributed by atoms with Gasteiger partial charge in [0.1, 0.15) is 11.6 Å². The van der Waals surface area contributed by atoms with Gasteiger partial charge in [-0.05, 0) is 49.2 Å². The van der Waals surface area contributed by atoms with Crippen molar-refractivity contribution in [1.82, 2.24) is 4.90 Å². The number of amides is 2. The maximum absolute atomic E-state index is 13.6. The van der Waals surface area contributed by atoms with E-state index < -0.39 is 5.82 Å². The van der Waals surface area contributed by atoms with Crippen LogP contribution in [0.15, 0.2) is 48.5 Å². The molecule has 0 bridgehead atoms. The van der Waals surface area contributed by atoms with Crippen molar-refractivity contribution in [1.29, 1.82) is 0 Å². The normalized spacial score (nSPS) is 14.8. The van der Waals surface area contributed by atoms with E-state index in [1.54, 1.807) is 48.4 Å². The molecule has 0 unspecified atom stereocenters. The summed E-state index contributed by atoms with van der Waals surface area (Å²) in [5, 5.41) is 2.58. The first-order valence-corrected chi connectivity index (χ1v) is 8.57. The van der Waals surface area contributed by atoms with Crippen molar-refractivity contribution in [3.8, 4) is 5.75 Å². The van der Waals surface area contributed by atoms with Gasteiger partial charge in [0.05, 0.1) is 12.8 Å². The Morgan fingerprint density at radius 1 is 1.08 bits per heavy atom. The molecule has 2 amide bonds. The summed E-state index contributed by atoms with van der Waals surface area (Å²) in [7, 11) is 1.58. The molecular weight excluding hydrogens is 335 g/mol. The van der Waals surface area contributed by atoms with Crippen molar-refractivity contribution in [2.75, 3.05) is 25.5 Å². The number of likely N-dealkylation sites (tertiary alicyclic amines) is 1. The number of Topliss-reactive ketones (excluding diaryl/α,β-unsaturated/α-hetero) is 1. The summed E-state index contributed by atoms with van der Waals surface area (Å²) in [5.41, 5.74) is 0.814. The second-order valence-electron chi connectivity index (χ2n) is 6.26. The van der Waals surface area contributed by atoms with Crippen LogP contribution < -0.4 is 10.1 Å². The third-order valence-electron chi connectivity index (χ3n) is 4.64. The average molecular weight is 356 g/mol. The summed E-state index contributed by atoms with van der Waals surface area (Å²) < 4.78 is 18.7. The van der Waals surface area contributed by atoms with Gasteiger partial charge >= 0.3 is 6.03 Å². The number of piperidine rings is 1. The smallest absolute Gasteiger partial charge is 0.321 e.